The van der Waals surface area contributed by atoms with Crippen LogP contribution in [0.5, 0.6) is 0 Å². The Morgan fingerprint density at radius 1 is 1.36 bits per heavy atom. The van der Waals surface area contributed by atoms with Crippen molar-refractivity contribution in [1.82, 2.24) is 0 Å². The Morgan fingerprint density at radius 3 is 2.09 bits per heavy atom. The van der Waals surface area contributed by atoms with Crippen LogP contribution in [0.1, 0.15) is 34.6 Å². The average Bonchev–Trinajstić information content (AvgIpc) is 1.85. The van der Waals surface area contributed by atoms with Crippen molar-refractivity contribution < 1.29 is 4.74 Å². The molecule has 0 heterocycles. The summed E-state index contributed by atoms with van der Waals surface area (Å²) >= 11 is 0. The van der Waals surface area contributed by atoms with Gasteiger partial charge in [-0.05, 0) is 19.3 Å². The van der Waals surface area contributed by atoms with Gasteiger partial charge in [-0.25, -0.2) is 0 Å². The molecule has 0 aromatic carbocycles. The first-order chi connectivity index (χ1) is 4.89. The van der Waals surface area contributed by atoms with Crippen LogP contribution >= 0.6 is 0 Å². The van der Waals surface area contributed by atoms with E-state index in [9.17, 15) is 0 Å². The third-order valence-corrected chi connectivity index (χ3v) is 1.94. The summed E-state index contributed by atoms with van der Waals surface area (Å²) in [5.74, 6) is 0. The van der Waals surface area contributed by atoms with Crippen LogP contribution in [-0.4, -0.2) is 18.8 Å². The molecule has 0 aliphatic heterocycles. The van der Waals surface area contributed by atoms with Gasteiger partial charge in [0.15, 0.2) is 0 Å². The Hall–Kier alpha value is -0.0800. The maximum atomic E-state index is 5.96. The fourth-order valence-electron chi connectivity index (χ4n) is 1.07. The molecule has 0 spiro atoms. The number of nitrogens with two attached hydrogens (primary N) is 1. The largest absolute Gasteiger partial charge is 0.377 e. The molecule has 2 nitrogen and oxygen atoms in total. The summed E-state index contributed by atoms with van der Waals surface area (Å²) in [5.41, 5.74) is 6.09. The summed E-state index contributed by atoms with van der Waals surface area (Å²) in [7, 11) is 0. The molecule has 2 N–H and O–H groups in total. The zero-order valence-corrected chi connectivity index (χ0v) is 8.35. The maximum Gasteiger partial charge on any atom is 0.0702 e. The molecule has 11 heavy (non-hydrogen) atoms. The standard InChI is InChI=1S/C9H21NO/c1-6-11-7(2)8(10)9(3,4)5/h7-8H,6,10H2,1-5H3. The maximum absolute atomic E-state index is 5.96. The topological polar surface area (TPSA) is 35.2 Å². The predicted octanol–water partition coefficient (Wildman–Crippen LogP) is 1.78. The summed E-state index contributed by atoms with van der Waals surface area (Å²) in [5, 5.41) is 0. The number of rotatable bonds is 3. The molecule has 0 rings (SSSR count). The lowest BCUT2D eigenvalue weighted by Gasteiger charge is -2.31. The number of hydrogen-bond acceptors (Lipinski definition) is 2. The molecular formula is C9H21NO. The molecule has 0 aliphatic rings. The molecule has 2 unspecified atom stereocenters. The third kappa shape index (κ3) is 3.73. The van der Waals surface area contributed by atoms with Gasteiger partial charge in [-0.3, -0.25) is 0 Å². The molecule has 2 heteroatoms. The highest BCUT2D eigenvalue weighted by Crippen LogP contribution is 2.20. The average molecular weight is 159 g/mol. The molecule has 0 saturated heterocycles. The second-order valence-corrected chi connectivity index (χ2v) is 4.05. The van der Waals surface area contributed by atoms with Crippen LogP contribution in [0.4, 0.5) is 0 Å². The van der Waals surface area contributed by atoms with E-state index in [0.29, 0.717) is 0 Å². The van der Waals surface area contributed by atoms with Gasteiger partial charge in [-0.15, -0.1) is 0 Å². The van der Waals surface area contributed by atoms with Crippen LogP contribution in [0, 0.1) is 5.41 Å². The summed E-state index contributed by atoms with van der Waals surface area (Å²) in [4.78, 5) is 0. The second-order valence-electron chi connectivity index (χ2n) is 4.05. The minimum Gasteiger partial charge on any atom is -0.377 e. The highest BCUT2D eigenvalue weighted by molar-refractivity contribution is 4.81. The van der Waals surface area contributed by atoms with Crippen LogP contribution in [0.15, 0.2) is 0 Å². The smallest absolute Gasteiger partial charge is 0.0702 e. The molecule has 0 bridgehead atoms. The van der Waals surface area contributed by atoms with Crippen molar-refractivity contribution in [3.05, 3.63) is 0 Å². The third-order valence-electron chi connectivity index (χ3n) is 1.94. The molecule has 0 fully saturated rings. The van der Waals surface area contributed by atoms with Gasteiger partial charge in [0.05, 0.1) is 6.10 Å². The minimum absolute atomic E-state index is 0.113. The van der Waals surface area contributed by atoms with Crippen molar-refractivity contribution in [1.29, 1.82) is 0 Å². The normalized spacial score (nSPS) is 18.0. The first kappa shape index (κ1) is 10.9. The zero-order chi connectivity index (χ0) is 9.07. The van der Waals surface area contributed by atoms with Crippen LogP contribution in [0.25, 0.3) is 0 Å². The second kappa shape index (κ2) is 4.07. The highest BCUT2D eigenvalue weighted by atomic mass is 16.5. The van der Waals surface area contributed by atoms with Gasteiger partial charge in [-0.1, -0.05) is 20.8 Å². The Morgan fingerprint density at radius 2 is 1.82 bits per heavy atom. The van der Waals surface area contributed by atoms with Crippen molar-refractivity contribution in [3.63, 3.8) is 0 Å². The first-order valence-corrected chi connectivity index (χ1v) is 4.26. The van der Waals surface area contributed by atoms with Gasteiger partial charge in [0.2, 0.25) is 0 Å². The van der Waals surface area contributed by atoms with E-state index in [0.717, 1.165) is 6.61 Å². The van der Waals surface area contributed by atoms with E-state index in [2.05, 4.69) is 20.8 Å². The molecule has 0 amide bonds. The molecule has 0 saturated carbocycles. The van der Waals surface area contributed by atoms with Gasteiger partial charge < -0.3 is 10.5 Å². The van der Waals surface area contributed by atoms with E-state index in [-0.39, 0.29) is 17.6 Å². The van der Waals surface area contributed by atoms with Crippen LogP contribution < -0.4 is 5.73 Å². The van der Waals surface area contributed by atoms with E-state index >= 15 is 0 Å². The molecule has 0 radical (unpaired) electrons. The monoisotopic (exact) mass is 159 g/mol. The number of hydrogen-bond donors (Lipinski definition) is 1. The van der Waals surface area contributed by atoms with Gasteiger partial charge in [-0.2, -0.15) is 0 Å². The molecule has 0 aromatic heterocycles. The van der Waals surface area contributed by atoms with E-state index in [1.165, 1.54) is 0 Å². The minimum atomic E-state index is 0.113. The van der Waals surface area contributed by atoms with Gasteiger partial charge in [0, 0.05) is 12.6 Å². The summed E-state index contributed by atoms with van der Waals surface area (Å²) in [6.07, 6.45) is 0.153. The van der Waals surface area contributed by atoms with Crippen LogP contribution in [0.2, 0.25) is 0 Å². The van der Waals surface area contributed by atoms with E-state index < -0.39 is 0 Å². The van der Waals surface area contributed by atoms with Gasteiger partial charge in [0.25, 0.3) is 0 Å². The van der Waals surface area contributed by atoms with Crippen molar-refractivity contribution in [2.24, 2.45) is 11.1 Å². The van der Waals surface area contributed by atoms with Crippen LogP contribution in [0.3, 0.4) is 0 Å². The van der Waals surface area contributed by atoms with Crippen LogP contribution in [-0.2, 0) is 4.74 Å². The Balaban J connectivity index is 3.91. The molecule has 0 aromatic rings. The summed E-state index contributed by atoms with van der Waals surface area (Å²) < 4.78 is 5.41. The first-order valence-electron chi connectivity index (χ1n) is 4.26. The fraction of sp³-hybridized carbons (Fsp3) is 1.00. The van der Waals surface area contributed by atoms with Crippen molar-refractivity contribution in [3.8, 4) is 0 Å². The number of ether oxygens (including phenoxy) is 1. The Labute approximate surface area is 70.1 Å². The predicted molar refractivity (Wildman–Crippen MR) is 48.5 cm³/mol. The fourth-order valence-corrected chi connectivity index (χ4v) is 1.07. The summed E-state index contributed by atoms with van der Waals surface area (Å²) in [6, 6.07) is 0.113. The van der Waals surface area contributed by atoms with Gasteiger partial charge in [0.1, 0.15) is 0 Å². The summed E-state index contributed by atoms with van der Waals surface area (Å²) in [6.45, 7) is 11.2. The van der Waals surface area contributed by atoms with E-state index in [4.69, 9.17) is 10.5 Å². The molecule has 0 aliphatic carbocycles. The SMILES string of the molecule is CCOC(C)C(N)C(C)(C)C. The van der Waals surface area contributed by atoms with E-state index in [1.54, 1.807) is 0 Å². The lowest BCUT2D eigenvalue weighted by Crippen LogP contribution is -2.44. The van der Waals surface area contributed by atoms with Crippen molar-refractivity contribution in [2.45, 2.75) is 46.8 Å². The zero-order valence-electron chi connectivity index (χ0n) is 8.35. The van der Waals surface area contributed by atoms with Gasteiger partial charge >= 0.3 is 0 Å². The lowest BCUT2D eigenvalue weighted by molar-refractivity contribution is 0.0284. The quantitative estimate of drug-likeness (QED) is 0.681. The Kier molecular flexibility index (Phi) is 4.04. The molecular weight excluding hydrogens is 138 g/mol. The Bertz CT molecular complexity index is 107. The molecule has 68 valence electrons. The lowest BCUT2D eigenvalue weighted by atomic mass is 9.84. The molecule has 2 atom stereocenters. The van der Waals surface area contributed by atoms with Crippen molar-refractivity contribution in [2.75, 3.05) is 6.61 Å². The highest BCUT2D eigenvalue weighted by Gasteiger charge is 2.25. The van der Waals surface area contributed by atoms with Crippen molar-refractivity contribution >= 4 is 0 Å². The van der Waals surface area contributed by atoms with E-state index in [1.807, 2.05) is 13.8 Å².